The van der Waals surface area contributed by atoms with Crippen molar-refractivity contribution < 1.29 is 0 Å². The fraction of sp³-hybridized carbons (Fsp3) is 0.500. The number of nitrogens with one attached hydrogen (secondary N) is 1. The molecule has 0 unspecified atom stereocenters. The summed E-state index contributed by atoms with van der Waals surface area (Å²) in [5, 5.41) is 15.2. The fourth-order valence-corrected chi connectivity index (χ4v) is 1.83. The zero-order valence-corrected chi connectivity index (χ0v) is 11.9. The van der Waals surface area contributed by atoms with Gasteiger partial charge in [0.1, 0.15) is 11.6 Å². The lowest BCUT2D eigenvalue weighted by Crippen LogP contribution is -2.18. The van der Waals surface area contributed by atoms with Crippen molar-refractivity contribution in [3.05, 3.63) is 33.2 Å². The molecule has 1 N–H and O–H groups in total. The fourth-order valence-electron chi connectivity index (χ4n) is 1.83. The maximum atomic E-state index is 11.6. The van der Waals surface area contributed by atoms with Gasteiger partial charge in [-0.05, 0) is 25.8 Å². The first-order valence-corrected chi connectivity index (χ1v) is 6.38. The summed E-state index contributed by atoms with van der Waals surface area (Å²) in [6.07, 6.45) is 2.92. The second-order valence-electron chi connectivity index (χ2n) is 4.66. The van der Waals surface area contributed by atoms with Crippen molar-refractivity contribution in [2.24, 2.45) is 5.10 Å². The van der Waals surface area contributed by atoms with Crippen LogP contribution in [0.25, 0.3) is 0 Å². The van der Waals surface area contributed by atoms with Crippen molar-refractivity contribution in [1.29, 1.82) is 5.26 Å². The molecule has 1 heterocycles. The van der Waals surface area contributed by atoms with E-state index in [4.69, 9.17) is 5.26 Å². The van der Waals surface area contributed by atoms with Crippen LogP contribution in [0.3, 0.4) is 0 Å². The third-order valence-electron chi connectivity index (χ3n) is 2.76. The number of hydrogen-bond acceptors (Lipinski definition) is 4. The smallest absolute Gasteiger partial charge is 0.266 e. The molecular formula is C14H20N4O. The summed E-state index contributed by atoms with van der Waals surface area (Å²) in [5.74, 6) is 0. The van der Waals surface area contributed by atoms with E-state index in [-0.39, 0.29) is 11.1 Å². The van der Waals surface area contributed by atoms with Gasteiger partial charge in [0.15, 0.2) is 0 Å². The quantitative estimate of drug-likeness (QED) is 0.650. The van der Waals surface area contributed by atoms with E-state index in [1.165, 1.54) is 0 Å². The average molecular weight is 260 g/mol. The van der Waals surface area contributed by atoms with E-state index >= 15 is 0 Å². The molecule has 0 saturated carbocycles. The topological polar surface area (TPSA) is 72.2 Å². The minimum absolute atomic E-state index is 0.128. The van der Waals surface area contributed by atoms with Gasteiger partial charge in [0.2, 0.25) is 0 Å². The highest BCUT2D eigenvalue weighted by atomic mass is 16.1. The number of nitrogens with zero attached hydrogens (tertiary/aromatic N) is 3. The lowest BCUT2D eigenvalue weighted by atomic mass is 10.0. The molecule has 0 aliphatic carbocycles. The third-order valence-corrected chi connectivity index (χ3v) is 2.76. The Balaban J connectivity index is 3.30. The summed E-state index contributed by atoms with van der Waals surface area (Å²) >= 11 is 0. The maximum absolute atomic E-state index is 11.6. The minimum atomic E-state index is -0.344. The number of aromatic amines is 1. The van der Waals surface area contributed by atoms with Gasteiger partial charge in [-0.2, -0.15) is 10.4 Å². The molecule has 0 aliphatic rings. The first-order chi connectivity index (χ1) is 8.99. The van der Waals surface area contributed by atoms with Gasteiger partial charge in [-0.3, -0.25) is 4.79 Å². The summed E-state index contributed by atoms with van der Waals surface area (Å²) in [4.78, 5) is 14.3. The second-order valence-corrected chi connectivity index (χ2v) is 4.66. The van der Waals surface area contributed by atoms with Crippen LogP contribution in [0.1, 0.15) is 43.0 Å². The third kappa shape index (κ3) is 3.95. The van der Waals surface area contributed by atoms with E-state index in [1.807, 2.05) is 27.1 Å². The Morgan fingerprint density at radius 2 is 2.21 bits per heavy atom. The molecular weight excluding hydrogens is 240 g/mol. The van der Waals surface area contributed by atoms with Gasteiger partial charge in [0.25, 0.3) is 5.56 Å². The summed E-state index contributed by atoms with van der Waals surface area (Å²) in [7, 11) is 3.72. The number of pyridine rings is 1. The number of hydrogen-bond donors (Lipinski definition) is 1. The lowest BCUT2D eigenvalue weighted by molar-refractivity contribution is 0.436. The molecule has 1 aromatic rings. The van der Waals surface area contributed by atoms with Crippen LogP contribution in [0.15, 0.2) is 16.0 Å². The molecule has 0 saturated heterocycles. The van der Waals surface area contributed by atoms with Crippen molar-refractivity contribution in [3.8, 4) is 6.07 Å². The second kappa shape index (κ2) is 6.74. The van der Waals surface area contributed by atoms with Crippen LogP contribution in [0.5, 0.6) is 0 Å². The molecule has 5 heteroatoms. The van der Waals surface area contributed by atoms with Crippen molar-refractivity contribution in [2.75, 3.05) is 14.1 Å². The number of hydrazone groups is 1. The number of H-pyrrole nitrogens is 1. The standard InChI is InChI=1S/C14H20N4O/c1-5-6-7-13(17-18(3)4)12-8-11(9-15)14(19)16-10(12)2/h8H,5-7H2,1-4H3,(H,16,19)/b17-13-. The Morgan fingerprint density at radius 3 is 2.74 bits per heavy atom. The predicted octanol–water partition coefficient (Wildman–Crippen LogP) is 2.01. The Hall–Kier alpha value is -2.09. The molecule has 0 atom stereocenters. The molecule has 0 aromatic carbocycles. The van der Waals surface area contributed by atoms with Crippen molar-refractivity contribution >= 4 is 5.71 Å². The van der Waals surface area contributed by atoms with Crippen LogP contribution < -0.4 is 5.56 Å². The van der Waals surface area contributed by atoms with Gasteiger partial charge in [0.05, 0.1) is 5.71 Å². The van der Waals surface area contributed by atoms with Crippen LogP contribution in [0, 0.1) is 18.3 Å². The van der Waals surface area contributed by atoms with Crippen LogP contribution in [0.4, 0.5) is 0 Å². The number of nitriles is 1. The van der Waals surface area contributed by atoms with Gasteiger partial charge < -0.3 is 9.99 Å². The largest absolute Gasteiger partial charge is 0.325 e. The first kappa shape index (κ1) is 15.0. The highest BCUT2D eigenvalue weighted by Gasteiger charge is 2.11. The van der Waals surface area contributed by atoms with Crippen molar-refractivity contribution in [2.45, 2.75) is 33.1 Å². The zero-order valence-electron chi connectivity index (χ0n) is 11.9. The van der Waals surface area contributed by atoms with Crippen LogP contribution in [-0.2, 0) is 0 Å². The highest BCUT2D eigenvalue weighted by molar-refractivity contribution is 6.01. The Morgan fingerprint density at radius 1 is 1.53 bits per heavy atom. The van der Waals surface area contributed by atoms with Gasteiger partial charge in [-0.15, -0.1) is 0 Å². The summed E-state index contributed by atoms with van der Waals surface area (Å²) in [6.45, 7) is 3.95. The molecule has 102 valence electrons. The average Bonchev–Trinajstić information content (AvgIpc) is 2.34. The molecule has 0 bridgehead atoms. The minimum Gasteiger partial charge on any atom is -0.325 e. The maximum Gasteiger partial charge on any atom is 0.266 e. The lowest BCUT2D eigenvalue weighted by Gasteiger charge is -2.13. The van der Waals surface area contributed by atoms with E-state index < -0.39 is 0 Å². The number of aryl methyl sites for hydroxylation is 1. The van der Waals surface area contributed by atoms with Gasteiger partial charge in [0, 0.05) is 25.4 Å². The van der Waals surface area contributed by atoms with E-state index in [0.717, 1.165) is 36.2 Å². The molecule has 1 aromatic heterocycles. The molecule has 0 aliphatic heterocycles. The van der Waals surface area contributed by atoms with Gasteiger partial charge >= 0.3 is 0 Å². The van der Waals surface area contributed by atoms with Crippen LogP contribution >= 0.6 is 0 Å². The SMILES string of the molecule is CCCC/C(=N/N(C)C)c1cc(C#N)c(=O)[nH]c1C. The molecule has 0 fully saturated rings. The highest BCUT2D eigenvalue weighted by Crippen LogP contribution is 2.12. The molecule has 0 radical (unpaired) electrons. The number of unbranched alkanes of at least 4 members (excludes halogenated alkanes) is 1. The van der Waals surface area contributed by atoms with Gasteiger partial charge in [-0.25, -0.2) is 0 Å². The van der Waals surface area contributed by atoms with Gasteiger partial charge in [-0.1, -0.05) is 13.3 Å². The van der Waals surface area contributed by atoms with Crippen molar-refractivity contribution in [1.82, 2.24) is 9.99 Å². The molecule has 1 rings (SSSR count). The Labute approximate surface area is 113 Å². The number of rotatable bonds is 5. The first-order valence-electron chi connectivity index (χ1n) is 6.38. The predicted molar refractivity (Wildman–Crippen MR) is 76.3 cm³/mol. The van der Waals surface area contributed by atoms with Crippen molar-refractivity contribution in [3.63, 3.8) is 0 Å². The molecule has 0 amide bonds. The normalized spacial score (nSPS) is 11.2. The number of aromatic nitrogens is 1. The Bertz CT molecular complexity index is 564. The van der Waals surface area contributed by atoms with E-state index in [1.54, 1.807) is 11.1 Å². The summed E-state index contributed by atoms with van der Waals surface area (Å²) in [6, 6.07) is 3.55. The Kier molecular flexibility index (Phi) is 5.31. The van der Waals surface area contributed by atoms with E-state index in [0.29, 0.717) is 0 Å². The monoisotopic (exact) mass is 260 g/mol. The molecule has 19 heavy (non-hydrogen) atoms. The van der Waals surface area contributed by atoms with E-state index in [2.05, 4.69) is 17.0 Å². The zero-order chi connectivity index (χ0) is 14.4. The van der Waals surface area contributed by atoms with Crippen LogP contribution in [0.2, 0.25) is 0 Å². The summed E-state index contributed by atoms with van der Waals surface area (Å²) in [5.41, 5.74) is 2.28. The van der Waals surface area contributed by atoms with Crippen LogP contribution in [-0.4, -0.2) is 29.8 Å². The summed E-state index contributed by atoms with van der Waals surface area (Å²) < 4.78 is 0. The van der Waals surface area contributed by atoms with E-state index in [9.17, 15) is 4.79 Å². The molecule has 5 nitrogen and oxygen atoms in total. The molecule has 0 spiro atoms.